The largest absolute Gasteiger partial charge is 0.390 e. The van der Waals surface area contributed by atoms with Crippen LogP contribution in [-0.2, 0) is 11.3 Å². The maximum absolute atomic E-state index is 15.0. The van der Waals surface area contributed by atoms with Gasteiger partial charge in [0.1, 0.15) is 0 Å². The van der Waals surface area contributed by atoms with Crippen molar-refractivity contribution in [2.45, 2.75) is 44.4 Å². The summed E-state index contributed by atoms with van der Waals surface area (Å²) in [5.41, 5.74) is 5.78. The summed E-state index contributed by atoms with van der Waals surface area (Å²) in [6, 6.07) is 6.97. The van der Waals surface area contributed by atoms with E-state index in [1.165, 1.54) is 24.3 Å². The Morgan fingerprint density at radius 1 is 1.02 bits per heavy atom. The Kier molecular flexibility index (Phi) is 9.52. The second-order valence-corrected chi connectivity index (χ2v) is 10.6. The summed E-state index contributed by atoms with van der Waals surface area (Å²) in [4.78, 5) is 28.2. The first-order chi connectivity index (χ1) is 18.9. The van der Waals surface area contributed by atoms with Crippen LogP contribution in [0.2, 0.25) is 5.02 Å². The number of anilines is 2. The van der Waals surface area contributed by atoms with Crippen molar-refractivity contribution in [1.82, 2.24) is 10.2 Å². The van der Waals surface area contributed by atoms with E-state index in [0.29, 0.717) is 55.4 Å². The van der Waals surface area contributed by atoms with Gasteiger partial charge in [0, 0.05) is 55.9 Å². The third-order valence-electron chi connectivity index (χ3n) is 7.48. The SMILES string of the molecule is NC(=O)[C@@H]1CCC[C@H]1NCc1ccc(C(=O)Nc2ccc(Cl)cc2N2CCN(CCC(F)(F)F)CC2)c(F)c1F. The van der Waals surface area contributed by atoms with Crippen molar-refractivity contribution >= 4 is 34.8 Å². The number of nitrogens with one attached hydrogen (secondary N) is 2. The van der Waals surface area contributed by atoms with Crippen LogP contribution >= 0.6 is 11.6 Å². The summed E-state index contributed by atoms with van der Waals surface area (Å²) >= 11 is 6.17. The second-order valence-electron chi connectivity index (χ2n) is 10.1. The molecule has 0 spiro atoms. The van der Waals surface area contributed by atoms with Crippen molar-refractivity contribution in [3.8, 4) is 0 Å². The Hall–Kier alpha value is -2.96. The highest BCUT2D eigenvalue weighted by molar-refractivity contribution is 6.31. The molecule has 2 atom stereocenters. The molecule has 2 aromatic carbocycles. The molecule has 7 nitrogen and oxygen atoms in total. The number of piperazine rings is 1. The smallest absolute Gasteiger partial charge is 0.369 e. The summed E-state index contributed by atoms with van der Waals surface area (Å²) in [5, 5.41) is 6.06. The van der Waals surface area contributed by atoms with Crippen molar-refractivity contribution in [3.05, 3.63) is 58.1 Å². The normalized spacial score (nSPS) is 20.1. The lowest BCUT2D eigenvalue weighted by atomic mass is 10.0. The zero-order valence-corrected chi connectivity index (χ0v) is 22.4. The monoisotopic (exact) mass is 587 g/mol. The molecule has 0 bridgehead atoms. The standard InChI is InChI=1S/C27H31ClF5N5O2/c28-17-5-7-21(22(14-17)38-12-10-37(11-13-38)9-8-27(31,32)33)36-26(40)19-6-4-16(23(29)24(19)30)15-35-20-3-1-2-18(20)25(34)39/h4-7,14,18,20,35H,1-3,8-13,15H2,(H2,34,39)(H,36,40)/t18-,20-/m1/s1. The van der Waals surface area contributed by atoms with E-state index in [4.69, 9.17) is 17.3 Å². The summed E-state index contributed by atoms with van der Waals surface area (Å²) in [7, 11) is 0. The lowest BCUT2D eigenvalue weighted by Gasteiger charge is -2.37. The van der Waals surface area contributed by atoms with E-state index in [2.05, 4.69) is 10.6 Å². The molecule has 2 amide bonds. The van der Waals surface area contributed by atoms with Gasteiger partial charge in [-0.25, -0.2) is 8.78 Å². The number of amides is 2. The Morgan fingerprint density at radius 3 is 2.42 bits per heavy atom. The van der Waals surface area contributed by atoms with Crippen molar-refractivity contribution in [3.63, 3.8) is 0 Å². The van der Waals surface area contributed by atoms with Gasteiger partial charge in [-0.3, -0.25) is 14.5 Å². The van der Waals surface area contributed by atoms with Crippen LogP contribution in [0.3, 0.4) is 0 Å². The third kappa shape index (κ3) is 7.41. The second kappa shape index (κ2) is 12.7. The molecular formula is C27H31ClF5N5O2. The van der Waals surface area contributed by atoms with Crippen LogP contribution in [-0.4, -0.2) is 61.7 Å². The number of carbonyl (C=O) groups excluding carboxylic acids is 2. The Balaban J connectivity index is 1.42. The van der Waals surface area contributed by atoms with Gasteiger partial charge in [-0.2, -0.15) is 13.2 Å². The van der Waals surface area contributed by atoms with Crippen LogP contribution in [0.15, 0.2) is 30.3 Å². The number of hydrogen-bond acceptors (Lipinski definition) is 5. The van der Waals surface area contributed by atoms with E-state index in [-0.39, 0.29) is 30.6 Å². The first kappa shape index (κ1) is 30.0. The molecule has 1 saturated heterocycles. The molecule has 2 fully saturated rings. The molecular weight excluding hydrogens is 557 g/mol. The Labute approximate surface area is 233 Å². The molecule has 1 aliphatic carbocycles. The van der Waals surface area contributed by atoms with Gasteiger partial charge >= 0.3 is 6.18 Å². The quantitative estimate of drug-likeness (QED) is 0.371. The van der Waals surface area contributed by atoms with Gasteiger partial charge in [0.2, 0.25) is 5.91 Å². The predicted octanol–water partition coefficient (Wildman–Crippen LogP) is 4.69. The van der Waals surface area contributed by atoms with E-state index in [9.17, 15) is 31.5 Å². The number of nitrogens with zero attached hydrogens (tertiary/aromatic N) is 2. The number of alkyl halides is 3. The number of benzene rings is 2. The van der Waals surface area contributed by atoms with E-state index in [1.54, 1.807) is 11.0 Å². The molecule has 1 saturated carbocycles. The van der Waals surface area contributed by atoms with Crippen LogP contribution in [0.5, 0.6) is 0 Å². The van der Waals surface area contributed by atoms with Crippen molar-refractivity contribution < 1.29 is 31.5 Å². The molecule has 4 rings (SSSR count). The van der Waals surface area contributed by atoms with Gasteiger partial charge in [-0.15, -0.1) is 0 Å². The van der Waals surface area contributed by atoms with E-state index >= 15 is 0 Å². The molecule has 0 aromatic heterocycles. The first-order valence-corrected chi connectivity index (χ1v) is 13.5. The van der Waals surface area contributed by atoms with Crippen molar-refractivity contribution in [1.29, 1.82) is 0 Å². The van der Waals surface area contributed by atoms with Crippen LogP contribution in [0.1, 0.15) is 41.6 Å². The number of halogens is 6. The number of nitrogens with two attached hydrogens (primary N) is 1. The summed E-state index contributed by atoms with van der Waals surface area (Å²) in [6.07, 6.45) is -2.97. The minimum atomic E-state index is -4.23. The fraction of sp³-hybridized carbons (Fsp3) is 0.481. The van der Waals surface area contributed by atoms with Gasteiger partial charge in [0.05, 0.1) is 29.3 Å². The Bertz CT molecular complexity index is 1240. The van der Waals surface area contributed by atoms with Crippen molar-refractivity contribution in [2.75, 3.05) is 42.9 Å². The lowest BCUT2D eigenvalue weighted by molar-refractivity contribution is -0.138. The average molecular weight is 588 g/mol. The fourth-order valence-corrected chi connectivity index (χ4v) is 5.41. The van der Waals surface area contributed by atoms with Gasteiger partial charge in [0.25, 0.3) is 5.91 Å². The highest BCUT2D eigenvalue weighted by Crippen LogP contribution is 2.32. The third-order valence-corrected chi connectivity index (χ3v) is 7.71. The maximum Gasteiger partial charge on any atom is 0.390 e. The molecule has 2 aromatic rings. The molecule has 4 N–H and O–H groups in total. The van der Waals surface area contributed by atoms with E-state index < -0.39 is 41.6 Å². The number of carbonyl (C=O) groups is 2. The van der Waals surface area contributed by atoms with Crippen LogP contribution in [0.25, 0.3) is 0 Å². The number of hydrogen-bond donors (Lipinski definition) is 3. The maximum atomic E-state index is 15.0. The van der Waals surface area contributed by atoms with Gasteiger partial charge < -0.3 is 21.3 Å². The molecule has 40 heavy (non-hydrogen) atoms. The summed E-state index contributed by atoms with van der Waals surface area (Å²) in [6.45, 7) is 1.42. The highest BCUT2D eigenvalue weighted by atomic mass is 35.5. The summed E-state index contributed by atoms with van der Waals surface area (Å²) in [5.74, 6) is -4.13. The molecule has 0 radical (unpaired) electrons. The molecule has 13 heteroatoms. The molecule has 0 unspecified atom stereocenters. The summed E-state index contributed by atoms with van der Waals surface area (Å²) < 4.78 is 67.6. The van der Waals surface area contributed by atoms with Gasteiger partial charge in [-0.1, -0.05) is 24.1 Å². The van der Waals surface area contributed by atoms with E-state index in [0.717, 1.165) is 6.42 Å². The number of primary amides is 1. The lowest BCUT2D eigenvalue weighted by Crippen LogP contribution is -2.47. The average Bonchev–Trinajstić information content (AvgIpc) is 3.38. The van der Waals surface area contributed by atoms with Crippen LogP contribution < -0.4 is 21.3 Å². The van der Waals surface area contributed by atoms with Gasteiger partial charge in [-0.05, 0) is 37.1 Å². The van der Waals surface area contributed by atoms with Crippen molar-refractivity contribution in [2.24, 2.45) is 11.7 Å². The minimum Gasteiger partial charge on any atom is -0.369 e. The molecule has 2 aliphatic rings. The molecule has 218 valence electrons. The highest BCUT2D eigenvalue weighted by Gasteiger charge is 2.32. The topological polar surface area (TPSA) is 90.7 Å². The molecule has 1 aliphatic heterocycles. The Morgan fingerprint density at radius 2 is 1.75 bits per heavy atom. The predicted molar refractivity (Wildman–Crippen MR) is 142 cm³/mol. The first-order valence-electron chi connectivity index (χ1n) is 13.1. The fourth-order valence-electron chi connectivity index (χ4n) is 5.25. The van der Waals surface area contributed by atoms with Crippen LogP contribution in [0.4, 0.5) is 33.3 Å². The number of rotatable bonds is 9. The van der Waals surface area contributed by atoms with Crippen LogP contribution in [0, 0.1) is 17.6 Å². The zero-order chi connectivity index (χ0) is 29.0. The van der Waals surface area contributed by atoms with Gasteiger partial charge in [0.15, 0.2) is 11.6 Å². The van der Waals surface area contributed by atoms with E-state index in [1.807, 2.05) is 4.90 Å². The minimum absolute atomic E-state index is 0.0137. The zero-order valence-electron chi connectivity index (χ0n) is 21.7. The molecule has 1 heterocycles.